The summed E-state index contributed by atoms with van der Waals surface area (Å²) in [6.45, 7) is 3.30. The number of rotatable bonds is 10. The number of hydrogen-bond donors (Lipinski definition) is 0. The Balaban J connectivity index is 1.67. The highest BCUT2D eigenvalue weighted by Crippen LogP contribution is 2.38. The Kier molecular flexibility index (Phi) is 8.88. The van der Waals surface area contributed by atoms with Crippen molar-refractivity contribution in [3.63, 3.8) is 0 Å². The van der Waals surface area contributed by atoms with Crippen molar-refractivity contribution < 1.29 is 14.3 Å². The molecule has 1 saturated heterocycles. The van der Waals surface area contributed by atoms with Crippen LogP contribution in [0.15, 0.2) is 48.5 Å². The second-order valence-corrected chi connectivity index (χ2v) is 8.89. The number of benzene rings is 2. The first kappa shape index (κ1) is 22.9. The molecule has 0 saturated carbocycles. The van der Waals surface area contributed by atoms with Gasteiger partial charge in [0.2, 0.25) is 5.91 Å². The fourth-order valence-electron chi connectivity index (χ4n) is 3.59. The van der Waals surface area contributed by atoms with E-state index in [0.29, 0.717) is 24.7 Å². The van der Waals surface area contributed by atoms with E-state index in [-0.39, 0.29) is 11.3 Å². The van der Waals surface area contributed by atoms with E-state index in [0.717, 1.165) is 42.1 Å². The molecule has 1 fully saturated rings. The number of methoxy groups -OCH3 is 2. The molecule has 0 spiro atoms. The Hall–Kier alpha value is -1.73. The van der Waals surface area contributed by atoms with Crippen LogP contribution in [-0.2, 0) is 16.1 Å². The highest BCUT2D eigenvalue weighted by molar-refractivity contribution is 7.99. The van der Waals surface area contributed by atoms with Crippen LogP contribution >= 0.6 is 23.4 Å². The van der Waals surface area contributed by atoms with Gasteiger partial charge in [0, 0.05) is 44.1 Å². The van der Waals surface area contributed by atoms with Crippen LogP contribution in [0.3, 0.4) is 0 Å². The van der Waals surface area contributed by atoms with Crippen LogP contribution in [0.4, 0.5) is 0 Å². The minimum atomic E-state index is 0.0513. The third-order valence-corrected chi connectivity index (χ3v) is 6.58. The van der Waals surface area contributed by atoms with Gasteiger partial charge in [-0.15, -0.1) is 11.8 Å². The number of ether oxygens (including phenoxy) is 2. The Labute approximate surface area is 188 Å². The number of carbonyl (C=O) groups excluding carboxylic acids is 1. The van der Waals surface area contributed by atoms with E-state index >= 15 is 0 Å². The molecule has 3 rings (SSSR count). The van der Waals surface area contributed by atoms with Gasteiger partial charge in [-0.05, 0) is 41.8 Å². The number of carbonyl (C=O) groups is 1. The standard InChI is InChI=1S/C23H29ClN2O3S/c1-28-13-4-11-25(16-18-5-3-6-20(24)15-18)17-22(27)26-12-14-30-23(26)19-7-9-21(29-2)10-8-19/h3,5-10,15,23H,4,11-14,16-17H2,1-2H3/t23-/m0/s1. The van der Waals surface area contributed by atoms with Crippen molar-refractivity contribution in [3.8, 4) is 5.75 Å². The molecular formula is C23H29ClN2O3S. The molecule has 0 aromatic heterocycles. The fraction of sp³-hybridized carbons (Fsp3) is 0.435. The van der Waals surface area contributed by atoms with Gasteiger partial charge >= 0.3 is 0 Å². The van der Waals surface area contributed by atoms with E-state index in [4.69, 9.17) is 21.1 Å². The number of amides is 1. The van der Waals surface area contributed by atoms with E-state index in [2.05, 4.69) is 4.90 Å². The van der Waals surface area contributed by atoms with Crippen molar-refractivity contribution in [1.82, 2.24) is 9.80 Å². The van der Waals surface area contributed by atoms with E-state index < -0.39 is 0 Å². The van der Waals surface area contributed by atoms with Gasteiger partial charge in [-0.25, -0.2) is 0 Å². The summed E-state index contributed by atoms with van der Waals surface area (Å²) in [6.07, 6.45) is 0.876. The molecule has 162 valence electrons. The Morgan fingerprint density at radius 1 is 1.23 bits per heavy atom. The summed E-state index contributed by atoms with van der Waals surface area (Å²) in [7, 11) is 3.36. The van der Waals surface area contributed by atoms with Crippen LogP contribution in [0.1, 0.15) is 22.9 Å². The van der Waals surface area contributed by atoms with Crippen molar-refractivity contribution in [1.29, 1.82) is 0 Å². The molecule has 1 aliphatic rings. The quantitative estimate of drug-likeness (QED) is 0.502. The van der Waals surface area contributed by atoms with Crippen molar-refractivity contribution in [2.24, 2.45) is 0 Å². The second kappa shape index (κ2) is 11.6. The Morgan fingerprint density at radius 3 is 2.73 bits per heavy atom. The van der Waals surface area contributed by atoms with E-state index in [9.17, 15) is 4.79 Å². The molecule has 2 aromatic rings. The molecule has 0 bridgehead atoms. The van der Waals surface area contributed by atoms with Gasteiger partial charge in [0.1, 0.15) is 11.1 Å². The van der Waals surface area contributed by atoms with Gasteiger partial charge in [-0.1, -0.05) is 35.9 Å². The maximum atomic E-state index is 13.2. The first-order valence-electron chi connectivity index (χ1n) is 10.1. The summed E-state index contributed by atoms with van der Waals surface area (Å²) in [5.41, 5.74) is 2.24. The summed E-state index contributed by atoms with van der Waals surface area (Å²) in [6, 6.07) is 15.8. The first-order valence-corrected chi connectivity index (χ1v) is 11.5. The summed E-state index contributed by atoms with van der Waals surface area (Å²) >= 11 is 7.96. The van der Waals surface area contributed by atoms with Crippen LogP contribution < -0.4 is 4.74 Å². The van der Waals surface area contributed by atoms with Crippen LogP contribution in [0.25, 0.3) is 0 Å². The molecule has 0 radical (unpaired) electrons. The van der Waals surface area contributed by atoms with Gasteiger partial charge in [-0.3, -0.25) is 9.69 Å². The minimum absolute atomic E-state index is 0.0513. The lowest BCUT2D eigenvalue weighted by Gasteiger charge is -2.28. The summed E-state index contributed by atoms with van der Waals surface area (Å²) < 4.78 is 10.5. The van der Waals surface area contributed by atoms with Crippen molar-refractivity contribution in [3.05, 3.63) is 64.7 Å². The largest absolute Gasteiger partial charge is 0.497 e. The van der Waals surface area contributed by atoms with E-state index in [1.54, 1.807) is 14.2 Å². The number of nitrogens with zero attached hydrogens (tertiary/aromatic N) is 2. The van der Waals surface area contributed by atoms with Gasteiger partial charge in [0.15, 0.2) is 0 Å². The van der Waals surface area contributed by atoms with E-state index in [1.807, 2.05) is 65.2 Å². The SMILES string of the molecule is COCCCN(CC(=O)N1CCS[C@H]1c1ccc(OC)cc1)Cc1cccc(Cl)c1. The molecule has 1 atom stereocenters. The first-order chi connectivity index (χ1) is 14.6. The molecule has 0 N–H and O–H groups in total. The Morgan fingerprint density at radius 2 is 2.03 bits per heavy atom. The van der Waals surface area contributed by atoms with Crippen molar-refractivity contribution >= 4 is 29.3 Å². The molecule has 7 heteroatoms. The van der Waals surface area contributed by atoms with Crippen LogP contribution in [-0.4, -0.2) is 61.9 Å². The van der Waals surface area contributed by atoms with Gasteiger partial charge in [-0.2, -0.15) is 0 Å². The van der Waals surface area contributed by atoms with Crippen LogP contribution in [0.5, 0.6) is 5.75 Å². The molecule has 0 aliphatic carbocycles. The third-order valence-electron chi connectivity index (χ3n) is 5.09. The van der Waals surface area contributed by atoms with Crippen LogP contribution in [0, 0.1) is 0 Å². The number of halogens is 1. The molecular weight excluding hydrogens is 420 g/mol. The normalized spacial score (nSPS) is 16.3. The van der Waals surface area contributed by atoms with Crippen molar-refractivity contribution in [2.45, 2.75) is 18.3 Å². The smallest absolute Gasteiger partial charge is 0.237 e. The van der Waals surface area contributed by atoms with Gasteiger partial charge in [0.05, 0.1) is 13.7 Å². The highest BCUT2D eigenvalue weighted by atomic mass is 35.5. The molecule has 2 aromatic carbocycles. The summed E-state index contributed by atoms with van der Waals surface area (Å²) in [4.78, 5) is 17.4. The summed E-state index contributed by atoms with van der Waals surface area (Å²) in [5.74, 6) is 1.92. The lowest BCUT2D eigenvalue weighted by molar-refractivity contribution is -0.132. The average Bonchev–Trinajstić information content (AvgIpc) is 3.24. The topological polar surface area (TPSA) is 42.0 Å². The maximum absolute atomic E-state index is 13.2. The second-order valence-electron chi connectivity index (χ2n) is 7.27. The van der Waals surface area contributed by atoms with E-state index in [1.165, 1.54) is 0 Å². The number of hydrogen-bond acceptors (Lipinski definition) is 5. The third kappa shape index (κ3) is 6.38. The zero-order valence-corrected chi connectivity index (χ0v) is 19.1. The van der Waals surface area contributed by atoms with Gasteiger partial charge in [0.25, 0.3) is 0 Å². The molecule has 1 aliphatic heterocycles. The predicted octanol–water partition coefficient (Wildman–Crippen LogP) is 4.46. The zero-order valence-electron chi connectivity index (χ0n) is 17.6. The lowest BCUT2D eigenvalue weighted by Crippen LogP contribution is -2.40. The Bertz CT molecular complexity index is 818. The molecule has 5 nitrogen and oxygen atoms in total. The average molecular weight is 449 g/mol. The predicted molar refractivity (Wildman–Crippen MR) is 123 cm³/mol. The molecule has 1 heterocycles. The van der Waals surface area contributed by atoms with Crippen LogP contribution in [0.2, 0.25) is 5.02 Å². The monoisotopic (exact) mass is 448 g/mol. The minimum Gasteiger partial charge on any atom is -0.497 e. The zero-order chi connectivity index (χ0) is 21.3. The molecule has 0 unspecified atom stereocenters. The fourth-order valence-corrected chi connectivity index (χ4v) is 5.08. The maximum Gasteiger partial charge on any atom is 0.237 e. The molecule has 1 amide bonds. The van der Waals surface area contributed by atoms with Gasteiger partial charge < -0.3 is 14.4 Å². The van der Waals surface area contributed by atoms with Crippen molar-refractivity contribution in [2.75, 3.05) is 46.2 Å². The number of thioether (sulfide) groups is 1. The summed E-state index contributed by atoms with van der Waals surface area (Å²) in [5, 5.41) is 0.765. The lowest BCUT2D eigenvalue weighted by atomic mass is 10.2. The molecule has 30 heavy (non-hydrogen) atoms. The highest BCUT2D eigenvalue weighted by Gasteiger charge is 2.31.